The van der Waals surface area contributed by atoms with Crippen LogP contribution in [0.3, 0.4) is 0 Å². The van der Waals surface area contributed by atoms with E-state index in [0.29, 0.717) is 16.8 Å². The molecule has 1 amide bonds. The number of fused-ring (bicyclic) bond motifs is 1. The molecule has 0 bridgehead atoms. The average Bonchev–Trinajstić information content (AvgIpc) is 3.56. The largest absolute Gasteiger partial charge is 0.451 e. The maximum atomic E-state index is 13.3. The first-order chi connectivity index (χ1) is 18.4. The van der Waals surface area contributed by atoms with Crippen LogP contribution in [0.25, 0.3) is 17.2 Å². The molecule has 1 saturated carbocycles. The van der Waals surface area contributed by atoms with Gasteiger partial charge in [0.15, 0.2) is 5.82 Å². The number of carbonyl (C=O) groups excluding carboxylic acids is 1. The topological polar surface area (TPSA) is 127 Å². The fourth-order valence-electron chi connectivity index (χ4n) is 4.70. The number of amides is 1. The van der Waals surface area contributed by atoms with Crippen molar-refractivity contribution in [3.8, 4) is 11.4 Å². The van der Waals surface area contributed by atoms with E-state index in [9.17, 15) is 27.9 Å². The van der Waals surface area contributed by atoms with Crippen LogP contribution in [-0.2, 0) is 22.9 Å². The number of nitrogens with one attached hydrogen (secondary N) is 1. The number of hydrogen-bond acceptors (Lipinski definition) is 7. The zero-order valence-corrected chi connectivity index (χ0v) is 21.5. The zero-order chi connectivity index (χ0) is 28.1. The lowest BCUT2D eigenvalue weighted by atomic mass is 9.96. The van der Waals surface area contributed by atoms with Gasteiger partial charge < -0.3 is 15.0 Å². The van der Waals surface area contributed by atoms with Gasteiger partial charge in [0.2, 0.25) is 17.5 Å². The monoisotopic (exact) mass is 541 g/mol. The van der Waals surface area contributed by atoms with Gasteiger partial charge in [0, 0.05) is 22.2 Å². The van der Waals surface area contributed by atoms with Gasteiger partial charge in [-0.25, -0.2) is 9.97 Å². The number of hydrogen-bond donors (Lipinski definition) is 2. The van der Waals surface area contributed by atoms with E-state index >= 15 is 0 Å². The molecule has 10 nitrogen and oxygen atoms in total. The fourth-order valence-corrected chi connectivity index (χ4v) is 4.70. The highest BCUT2D eigenvalue weighted by Crippen LogP contribution is 2.47. The SMILES string of the molecule is Cc1c(C(C)C)c(=O)n2nc(-c3ccc(C4(CO)CC4)cc3)nc2n1CC(=O)Nc1cnc(C(F)(F)F)nc1. The second-order valence-corrected chi connectivity index (χ2v) is 10.0. The first-order valence-electron chi connectivity index (χ1n) is 12.3. The second-order valence-electron chi connectivity index (χ2n) is 10.0. The summed E-state index contributed by atoms with van der Waals surface area (Å²) in [6.45, 7) is 5.21. The average molecular weight is 542 g/mol. The highest BCUT2D eigenvalue weighted by Gasteiger charge is 2.43. The Kier molecular flexibility index (Phi) is 6.49. The Hall–Kier alpha value is -4.13. The van der Waals surface area contributed by atoms with Crippen LogP contribution in [0.15, 0.2) is 41.5 Å². The number of carbonyl (C=O) groups is 1. The summed E-state index contributed by atoms with van der Waals surface area (Å²) in [5.74, 6) is -1.63. The minimum atomic E-state index is -4.70. The first kappa shape index (κ1) is 26.5. The van der Waals surface area contributed by atoms with Gasteiger partial charge in [0.25, 0.3) is 5.56 Å². The van der Waals surface area contributed by atoms with Crippen molar-refractivity contribution in [1.82, 2.24) is 29.1 Å². The van der Waals surface area contributed by atoms with Gasteiger partial charge in [0.1, 0.15) is 6.54 Å². The molecular weight excluding hydrogens is 515 g/mol. The van der Waals surface area contributed by atoms with Gasteiger partial charge in [-0.05, 0) is 31.2 Å². The molecule has 5 rings (SSSR count). The zero-order valence-electron chi connectivity index (χ0n) is 21.5. The van der Waals surface area contributed by atoms with Gasteiger partial charge in [-0.2, -0.15) is 22.7 Å². The maximum Gasteiger partial charge on any atom is 0.451 e. The molecule has 4 aromatic rings. The predicted molar refractivity (Wildman–Crippen MR) is 135 cm³/mol. The molecular formula is C26H26F3N7O3. The summed E-state index contributed by atoms with van der Waals surface area (Å²) in [5, 5.41) is 16.6. The number of halogens is 3. The van der Waals surface area contributed by atoms with Crippen molar-refractivity contribution in [1.29, 1.82) is 0 Å². The third-order valence-corrected chi connectivity index (χ3v) is 7.03. The van der Waals surface area contributed by atoms with E-state index in [4.69, 9.17) is 0 Å². The number of alkyl halides is 3. The summed E-state index contributed by atoms with van der Waals surface area (Å²) in [7, 11) is 0. The van der Waals surface area contributed by atoms with Gasteiger partial charge >= 0.3 is 6.18 Å². The maximum absolute atomic E-state index is 13.3. The third kappa shape index (κ3) is 4.89. The van der Waals surface area contributed by atoms with Crippen LogP contribution in [0.1, 0.15) is 55.3 Å². The van der Waals surface area contributed by atoms with Crippen LogP contribution in [0, 0.1) is 6.92 Å². The summed E-state index contributed by atoms with van der Waals surface area (Å²) in [6.07, 6.45) is -1.09. The summed E-state index contributed by atoms with van der Waals surface area (Å²) >= 11 is 0. The molecule has 1 aliphatic rings. The molecule has 0 spiro atoms. The summed E-state index contributed by atoms with van der Waals surface area (Å²) in [5.41, 5.74) is 2.12. The number of aromatic nitrogens is 6. The number of nitrogens with zero attached hydrogens (tertiary/aromatic N) is 6. The van der Waals surface area contributed by atoms with Crippen molar-refractivity contribution in [2.24, 2.45) is 0 Å². The minimum Gasteiger partial charge on any atom is -0.395 e. The van der Waals surface area contributed by atoms with Crippen LogP contribution < -0.4 is 10.9 Å². The first-order valence-corrected chi connectivity index (χ1v) is 12.3. The highest BCUT2D eigenvalue weighted by atomic mass is 19.4. The Labute approximate surface area is 220 Å². The highest BCUT2D eigenvalue weighted by molar-refractivity contribution is 5.90. The molecule has 204 valence electrons. The lowest BCUT2D eigenvalue weighted by Gasteiger charge is -2.17. The number of anilines is 1. The number of benzene rings is 1. The van der Waals surface area contributed by atoms with E-state index < -0.39 is 17.9 Å². The van der Waals surface area contributed by atoms with Crippen molar-refractivity contribution >= 4 is 17.4 Å². The lowest BCUT2D eigenvalue weighted by molar-refractivity contribution is -0.144. The molecule has 3 heterocycles. The molecule has 0 unspecified atom stereocenters. The van der Waals surface area contributed by atoms with Crippen LogP contribution in [-0.4, -0.2) is 46.8 Å². The molecule has 3 aromatic heterocycles. The molecule has 0 saturated heterocycles. The lowest BCUT2D eigenvalue weighted by Crippen LogP contribution is -2.30. The molecule has 13 heteroatoms. The third-order valence-electron chi connectivity index (χ3n) is 7.03. The van der Waals surface area contributed by atoms with Crippen molar-refractivity contribution < 1.29 is 23.1 Å². The second kappa shape index (κ2) is 9.56. The van der Waals surface area contributed by atoms with E-state index in [2.05, 4.69) is 25.4 Å². The standard InChI is InChI=1S/C26H26F3N7O3/c1-14(2)20-15(3)35(12-19(38)32-18-10-30-23(31-11-18)26(27,28)29)24-33-21(34-36(24)22(20)39)16-4-6-17(7-5-16)25(13-37)8-9-25/h4-7,10-11,14,37H,8-9,12-13H2,1-3H3,(H,32,38). The molecule has 0 aliphatic heterocycles. The van der Waals surface area contributed by atoms with E-state index in [1.807, 2.05) is 38.1 Å². The summed E-state index contributed by atoms with van der Waals surface area (Å²) < 4.78 is 41.0. The Bertz CT molecular complexity index is 1600. The predicted octanol–water partition coefficient (Wildman–Crippen LogP) is 3.46. The number of aliphatic hydroxyl groups excluding tert-OH is 1. The van der Waals surface area contributed by atoms with Crippen LogP contribution in [0.4, 0.5) is 18.9 Å². The smallest absolute Gasteiger partial charge is 0.395 e. The van der Waals surface area contributed by atoms with Gasteiger partial charge in [-0.3, -0.25) is 9.59 Å². The number of rotatable bonds is 7. The minimum absolute atomic E-state index is 0.00893. The molecule has 1 fully saturated rings. The number of aliphatic hydroxyl groups is 1. The normalized spacial score (nSPS) is 14.7. The molecule has 0 radical (unpaired) electrons. The molecule has 1 aliphatic carbocycles. The van der Waals surface area contributed by atoms with E-state index in [1.54, 1.807) is 11.5 Å². The quantitative estimate of drug-likeness (QED) is 0.367. The Balaban J connectivity index is 1.49. The summed E-state index contributed by atoms with van der Waals surface area (Å²) in [4.78, 5) is 37.3. The van der Waals surface area contributed by atoms with Crippen LogP contribution in [0.5, 0.6) is 0 Å². The van der Waals surface area contributed by atoms with Crippen LogP contribution in [0.2, 0.25) is 0 Å². The van der Waals surface area contributed by atoms with Crippen molar-refractivity contribution in [2.75, 3.05) is 11.9 Å². The molecule has 0 atom stereocenters. The van der Waals surface area contributed by atoms with Crippen molar-refractivity contribution in [3.63, 3.8) is 0 Å². The molecule has 1 aromatic carbocycles. The van der Waals surface area contributed by atoms with E-state index in [1.165, 1.54) is 0 Å². The Morgan fingerprint density at radius 1 is 1.15 bits per heavy atom. The molecule has 39 heavy (non-hydrogen) atoms. The van der Waals surface area contributed by atoms with Crippen molar-refractivity contribution in [2.45, 2.75) is 57.7 Å². The summed E-state index contributed by atoms with van der Waals surface area (Å²) in [6, 6.07) is 7.51. The van der Waals surface area contributed by atoms with Crippen molar-refractivity contribution in [3.05, 3.63) is 69.7 Å². The fraction of sp³-hybridized carbons (Fsp3) is 0.385. The Morgan fingerprint density at radius 2 is 1.79 bits per heavy atom. The van der Waals surface area contributed by atoms with E-state index in [0.717, 1.165) is 35.3 Å². The van der Waals surface area contributed by atoms with Gasteiger partial charge in [-0.1, -0.05) is 38.1 Å². The Morgan fingerprint density at radius 3 is 2.33 bits per heavy atom. The van der Waals surface area contributed by atoms with Gasteiger partial charge in [0.05, 0.1) is 24.7 Å². The molecule has 2 N–H and O–H groups in total. The van der Waals surface area contributed by atoms with E-state index in [-0.39, 0.29) is 47.3 Å². The van der Waals surface area contributed by atoms with Crippen LogP contribution >= 0.6 is 0 Å². The van der Waals surface area contributed by atoms with Gasteiger partial charge in [-0.15, -0.1) is 5.10 Å².